The van der Waals surface area contributed by atoms with Gasteiger partial charge in [-0.15, -0.1) is 10.2 Å². The van der Waals surface area contributed by atoms with Crippen molar-refractivity contribution in [1.82, 2.24) is 14.3 Å². The van der Waals surface area contributed by atoms with E-state index in [0.717, 1.165) is 44.1 Å². The van der Waals surface area contributed by atoms with Gasteiger partial charge in [0.25, 0.3) is 0 Å². The van der Waals surface area contributed by atoms with Crippen molar-refractivity contribution in [3.63, 3.8) is 0 Å². The second-order valence-corrected chi connectivity index (χ2v) is 6.48. The number of fused-ring (bicyclic) bond motifs is 3. The molecule has 2 aliphatic rings. The summed E-state index contributed by atoms with van der Waals surface area (Å²) in [5, 5.41) is 15.1. The van der Waals surface area contributed by atoms with E-state index in [1.807, 2.05) is 28.8 Å². The first-order valence-electron chi connectivity index (χ1n) is 8.62. The van der Waals surface area contributed by atoms with Crippen molar-refractivity contribution in [2.45, 2.75) is 6.17 Å². The van der Waals surface area contributed by atoms with Crippen molar-refractivity contribution in [2.24, 2.45) is 20.7 Å². The van der Waals surface area contributed by atoms with E-state index in [1.54, 1.807) is 6.07 Å². The Morgan fingerprint density at radius 1 is 1.00 bits per heavy atom. The first kappa shape index (κ1) is 15.3. The summed E-state index contributed by atoms with van der Waals surface area (Å²) >= 11 is 0. The minimum Gasteiger partial charge on any atom is -0.352 e. The third-order valence-corrected chi connectivity index (χ3v) is 4.91. The highest BCUT2D eigenvalue weighted by molar-refractivity contribution is 5.85. The van der Waals surface area contributed by atoms with Gasteiger partial charge in [0, 0.05) is 38.9 Å². The lowest BCUT2D eigenvalue weighted by Crippen LogP contribution is -2.48. The van der Waals surface area contributed by atoms with Crippen LogP contribution in [0.15, 0.2) is 57.2 Å². The quantitative estimate of drug-likeness (QED) is 0.727. The minimum atomic E-state index is -0.257. The molecule has 0 atom stereocenters. The van der Waals surface area contributed by atoms with E-state index >= 15 is 0 Å². The van der Waals surface area contributed by atoms with Gasteiger partial charge in [-0.05, 0) is 34.7 Å². The maximum Gasteiger partial charge on any atom is 0.197 e. The zero-order valence-electron chi connectivity index (χ0n) is 14.0. The zero-order chi connectivity index (χ0) is 17.5. The second-order valence-electron chi connectivity index (χ2n) is 6.48. The highest BCUT2D eigenvalue weighted by Gasteiger charge is 2.24. The van der Waals surface area contributed by atoms with Gasteiger partial charge in [0.2, 0.25) is 0 Å². The van der Waals surface area contributed by atoms with E-state index < -0.39 is 0 Å². The lowest BCUT2D eigenvalue weighted by molar-refractivity contribution is 0.244. The lowest BCUT2D eigenvalue weighted by atomic mass is 10.2. The molecule has 0 radical (unpaired) electrons. The number of anilines is 1. The number of benzene rings is 1. The summed E-state index contributed by atoms with van der Waals surface area (Å²) in [5.74, 6) is 0.639. The third-order valence-electron chi connectivity index (χ3n) is 4.91. The fraction of sp³-hybridized carbons (Fsp3) is 0.353. The van der Waals surface area contributed by atoms with Gasteiger partial charge in [0.1, 0.15) is 11.3 Å². The Morgan fingerprint density at radius 2 is 1.81 bits per heavy atom. The van der Waals surface area contributed by atoms with E-state index in [4.69, 9.17) is 4.98 Å². The summed E-state index contributed by atoms with van der Waals surface area (Å²) in [5.41, 5.74) is 2.11. The molecule has 0 N–H and O–H groups in total. The monoisotopic (exact) mass is 352 g/mol. The van der Waals surface area contributed by atoms with Gasteiger partial charge in [-0.2, -0.15) is 0 Å². The van der Waals surface area contributed by atoms with Gasteiger partial charge in [0.05, 0.1) is 11.0 Å². The van der Waals surface area contributed by atoms with Crippen LogP contribution in [0.1, 0.15) is 0 Å². The molecule has 132 valence electrons. The van der Waals surface area contributed by atoms with E-state index in [1.165, 1.54) is 6.07 Å². The van der Waals surface area contributed by atoms with E-state index in [9.17, 15) is 4.39 Å². The molecule has 8 nitrogen and oxygen atoms in total. The summed E-state index contributed by atoms with van der Waals surface area (Å²) in [6, 6.07) is 8.94. The molecule has 1 aromatic carbocycles. The first-order valence-corrected chi connectivity index (χ1v) is 8.62. The lowest BCUT2D eigenvalue weighted by Gasteiger charge is -2.35. The Morgan fingerprint density at radius 3 is 2.62 bits per heavy atom. The predicted molar refractivity (Wildman–Crippen MR) is 94.8 cm³/mol. The second kappa shape index (κ2) is 6.10. The molecule has 9 heteroatoms. The van der Waals surface area contributed by atoms with Crippen LogP contribution >= 0.6 is 0 Å². The van der Waals surface area contributed by atoms with Crippen LogP contribution in [-0.4, -0.2) is 53.2 Å². The molecule has 0 amide bonds. The molecule has 1 saturated heterocycles. The highest BCUT2D eigenvalue weighted by atomic mass is 19.1. The van der Waals surface area contributed by atoms with Crippen molar-refractivity contribution in [3.05, 3.63) is 42.3 Å². The van der Waals surface area contributed by atoms with Crippen LogP contribution in [0.25, 0.3) is 16.6 Å². The Labute approximate surface area is 148 Å². The average Bonchev–Trinajstić information content (AvgIpc) is 3.33. The normalized spacial score (nSPS) is 18.6. The molecule has 1 fully saturated rings. The Bertz CT molecular complexity index is 1010. The van der Waals surface area contributed by atoms with Crippen molar-refractivity contribution in [1.29, 1.82) is 0 Å². The fourth-order valence-electron chi connectivity index (χ4n) is 3.63. The minimum absolute atomic E-state index is 0.180. The fourth-order valence-corrected chi connectivity index (χ4v) is 3.63. The van der Waals surface area contributed by atoms with Crippen molar-refractivity contribution < 1.29 is 4.39 Å². The molecule has 26 heavy (non-hydrogen) atoms. The van der Waals surface area contributed by atoms with Crippen molar-refractivity contribution in [2.75, 3.05) is 37.6 Å². The van der Waals surface area contributed by atoms with Gasteiger partial charge in [-0.1, -0.05) is 6.07 Å². The smallest absolute Gasteiger partial charge is 0.197 e. The number of hydrogen-bond donors (Lipinski definition) is 0. The van der Waals surface area contributed by atoms with Crippen LogP contribution in [0.2, 0.25) is 0 Å². The molecular weight excluding hydrogens is 335 g/mol. The van der Waals surface area contributed by atoms with E-state index in [2.05, 4.69) is 30.5 Å². The topological polar surface area (TPSA) is 73.2 Å². The molecule has 4 heterocycles. The SMILES string of the molecule is Fc1cccc2nc(N3CCN(CC4N=NN=N4)CC3)c3cccn3c12. The number of piperazine rings is 1. The highest BCUT2D eigenvalue weighted by Crippen LogP contribution is 2.27. The maximum absolute atomic E-state index is 14.3. The molecule has 5 rings (SSSR count). The van der Waals surface area contributed by atoms with Gasteiger partial charge in [-0.25, -0.2) is 9.37 Å². The zero-order valence-corrected chi connectivity index (χ0v) is 14.0. The molecule has 0 bridgehead atoms. The van der Waals surface area contributed by atoms with E-state index in [-0.39, 0.29) is 12.0 Å². The number of para-hydroxylation sites is 1. The van der Waals surface area contributed by atoms with Crippen LogP contribution in [0.5, 0.6) is 0 Å². The standard InChI is InChI=1S/C17H17FN8/c18-12-3-1-4-13-16(12)26-6-2-5-14(26)17(19-13)25-9-7-24(8-10-25)11-15-20-22-23-21-15/h1-6,15H,7-11H2. The molecule has 0 unspecified atom stereocenters. The van der Waals surface area contributed by atoms with Crippen molar-refractivity contribution >= 4 is 22.4 Å². The summed E-state index contributed by atoms with van der Waals surface area (Å²) < 4.78 is 16.2. The van der Waals surface area contributed by atoms with Crippen LogP contribution in [0, 0.1) is 5.82 Å². The number of hydrogen-bond acceptors (Lipinski definition) is 7. The van der Waals surface area contributed by atoms with Gasteiger partial charge in [-0.3, -0.25) is 4.90 Å². The molecule has 0 saturated carbocycles. The third kappa shape index (κ3) is 2.51. The molecule has 3 aromatic rings. The first-order chi connectivity index (χ1) is 12.8. The van der Waals surface area contributed by atoms with Crippen LogP contribution in [0.4, 0.5) is 10.2 Å². The number of aromatic nitrogens is 2. The molecule has 0 spiro atoms. The largest absolute Gasteiger partial charge is 0.352 e. The Balaban J connectivity index is 1.43. The van der Waals surface area contributed by atoms with Gasteiger partial charge in [0.15, 0.2) is 12.0 Å². The maximum atomic E-state index is 14.3. The van der Waals surface area contributed by atoms with Crippen molar-refractivity contribution in [3.8, 4) is 0 Å². The summed E-state index contributed by atoms with van der Waals surface area (Å²) in [7, 11) is 0. The van der Waals surface area contributed by atoms with E-state index in [0.29, 0.717) is 11.0 Å². The molecule has 2 aromatic heterocycles. The summed E-state index contributed by atoms with van der Waals surface area (Å²) in [4.78, 5) is 9.33. The van der Waals surface area contributed by atoms with Crippen LogP contribution in [0.3, 0.4) is 0 Å². The van der Waals surface area contributed by atoms with Crippen LogP contribution < -0.4 is 4.90 Å². The predicted octanol–water partition coefficient (Wildman–Crippen LogP) is 2.91. The number of halogens is 1. The Kier molecular flexibility index (Phi) is 3.59. The summed E-state index contributed by atoms with van der Waals surface area (Å²) in [6.45, 7) is 4.19. The number of rotatable bonds is 3. The summed E-state index contributed by atoms with van der Waals surface area (Å²) in [6.07, 6.45) is 1.71. The van der Waals surface area contributed by atoms with Gasteiger partial charge >= 0.3 is 0 Å². The average molecular weight is 352 g/mol. The van der Waals surface area contributed by atoms with Gasteiger partial charge < -0.3 is 9.30 Å². The molecular formula is C17H17FN8. The van der Waals surface area contributed by atoms with Crippen LogP contribution in [-0.2, 0) is 0 Å². The molecule has 0 aliphatic carbocycles. The number of nitrogens with zero attached hydrogens (tertiary/aromatic N) is 8. The Hall–Kier alpha value is -2.94. The molecule has 2 aliphatic heterocycles.